The lowest BCUT2D eigenvalue weighted by atomic mass is 10.2. The number of aromatic amines is 1. The van der Waals surface area contributed by atoms with Gasteiger partial charge in [0.15, 0.2) is 0 Å². The number of aliphatic hydroxyl groups excluding tert-OH is 1. The van der Waals surface area contributed by atoms with Gasteiger partial charge in [0.25, 0.3) is 5.56 Å². The Hall–Kier alpha value is -1.24. The molecular weight excluding hydrogens is 274 g/mol. The van der Waals surface area contributed by atoms with E-state index in [2.05, 4.69) is 28.7 Å². The van der Waals surface area contributed by atoms with Crippen molar-refractivity contribution in [3.8, 4) is 0 Å². The van der Waals surface area contributed by atoms with Crippen molar-refractivity contribution in [1.29, 1.82) is 0 Å². The van der Waals surface area contributed by atoms with Gasteiger partial charge in [-0.15, -0.1) is 11.3 Å². The first kappa shape index (κ1) is 15.2. The molecule has 0 aliphatic carbocycles. The molecule has 2 aromatic heterocycles. The first-order chi connectivity index (χ1) is 9.43. The summed E-state index contributed by atoms with van der Waals surface area (Å²) in [6.45, 7) is 9.30. The Morgan fingerprint density at radius 1 is 1.40 bits per heavy atom. The van der Waals surface area contributed by atoms with Gasteiger partial charge in [0.1, 0.15) is 10.7 Å². The Kier molecular flexibility index (Phi) is 4.57. The Bertz CT molecular complexity index is 660. The Balaban J connectivity index is 2.38. The zero-order valence-electron chi connectivity index (χ0n) is 12.4. The fraction of sp³-hybridized carbons (Fsp3) is 0.571. The Morgan fingerprint density at radius 3 is 2.70 bits per heavy atom. The number of fused-ring (bicyclic) bond motifs is 1. The number of rotatable bonds is 5. The SMILES string of the molecule is Cc1sc2nc(CN(CCO)C(C)C)[nH]c(=O)c2c1C. The molecule has 2 heterocycles. The van der Waals surface area contributed by atoms with Crippen LogP contribution in [0, 0.1) is 13.8 Å². The molecule has 2 rings (SSSR count). The van der Waals surface area contributed by atoms with Gasteiger partial charge in [-0.05, 0) is 33.3 Å². The van der Waals surface area contributed by atoms with Crippen LogP contribution in [0.2, 0.25) is 0 Å². The highest BCUT2D eigenvalue weighted by Gasteiger charge is 2.15. The molecule has 110 valence electrons. The fourth-order valence-electron chi connectivity index (χ4n) is 2.21. The average Bonchev–Trinajstić information content (AvgIpc) is 2.64. The van der Waals surface area contributed by atoms with Gasteiger partial charge in [-0.1, -0.05) is 0 Å². The van der Waals surface area contributed by atoms with Crippen molar-refractivity contribution in [2.45, 2.75) is 40.3 Å². The molecule has 0 saturated carbocycles. The topological polar surface area (TPSA) is 69.2 Å². The predicted molar refractivity (Wildman–Crippen MR) is 82.3 cm³/mol. The summed E-state index contributed by atoms with van der Waals surface area (Å²) in [6, 6.07) is 0.287. The molecule has 0 radical (unpaired) electrons. The van der Waals surface area contributed by atoms with Gasteiger partial charge in [0.05, 0.1) is 18.5 Å². The lowest BCUT2D eigenvalue weighted by Gasteiger charge is -2.24. The third kappa shape index (κ3) is 2.92. The maximum atomic E-state index is 12.2. The Morgan fingerprint density at radius 2 is 2.10 bits per heavy atom. The Labute approximate surface area is 122 Å². The number of thiophene rings is 1. The van der Waals surface area contributed by atoms with Crippen molar-refractivity contribution in [2.24, 2.45) is 0 Å². The molecule has 5 nitrogen and oxygen atoms in total. The first-order valence-corrected chi connectivity index (χ1v) is 7.59. The van der Waals surface area contributed by atoms with Crippen molar-refractivity contribution >= 4 is 21.6 Å². The fourth-order valence-corrected chi connectivity index (χ4v) is 3.26. The molecule has 0 aromatic carbocycles. The van der Waals surface area contributed by atoms with E-state index < -0.39 is 0 Å². The zero-order valence-corrected chi connectivity index (χ0v) is 13.2. The van der Waals surface area contributed by atoms with Crippen molar-refractivity contribution in [3.05, 3.63) is 26.6 Å². The van der Waals surface area contributed by atoms with Crippen LogP contribution < -0.4 is 5.56 Å². The summed E-state index contributed by atoms with van der Waals surface area (Å²) < 4.78 is 0. The van der Waals surface area contributed by atoms with E-state index in [9.17, 15) is 4.79 Å². The monoisotopic (exact) mass is 295 g/mol. The number of hydrogen-bond donors (Lipinski definition) is 2. The van der Waals surface area contributed by atoms with E-state index in [4.69, 9.17) is 5.11 Å². The number of hydrogen-bond acceptors (Lipinski definition) is 5. The summed E-state index contributed by atoms with van der Waals surface area (Å²) in [7, 11) is 0. The summed E-state index contributed by atoms with van der Waals surface area (Å²) >= 11 is 1.56. The van der Waals surface area contributed by atoms with E-state index in [-0.39, 0.29) is 18.2 Å². The summed E-state index contributed by atoms with van der Waals surface area (Å²) in [4.78, 5) is 23.6. The van der Waals surface area contributed by atoms with Crippen LogP contribution in [-0.4, -0.2) is 39.2 Å². The number of aliphatic hydroxyl groups is 1. The molecule has 2 aromatic rings. The number of H-pyrrole nitrogens is 1. The molecule has 0 saturated heterocycles. The highest BCUT2D eigenvalue weighted by molar-refractivity contribution is 7.18. The molecule has 0 spiro atoms. The van der Waals surface area contributed by atoms with Crippen molar-refractivity contribution in [3.63, 3.8) is 0 Å². The predicted octanol–water partition coefficient (Wildman–Crippen LogP) is 1.80. The highest BCUT2D eigenvalue weighted by atomic mass is 32.1. The van der Waals surface area contributed by atoms with Gasteiger partial charge >= 0.3 is 0 Å². The second kappa shape index (κ2) is 6.03. The molecule has 6 heteroatoms. The summed E-state index contributed by atoms with van der Waals surface area (Å²) in [5, 5.41) is 9.80. The van der Waals surface area contributed by atoms with E-state index in [1.54, 1.807) is 11.3 Å². The molecule has 0 fully saturated rings. The van der Waals surface area contributed by atoms with Gasteiger partial charge in [-0.3, -0.25) is 9.69 Å². The molecule has 0 aliphatic heterocycles. The second-order valence-corrected chi connectivity index (χ2v) is 6.47. The quantitative estimate of drug-likeness (QED) is 0.882. The zero-order chi connectivity index (χ0) is 14.9. The normalized spacial score (nSPS) is 11.9. The third-order valence-electron chi connectivity index (χ3n) is 3.56. The van der Waals surface area contributed by atoms with Crippen LogP contribution in [0.4, 0.5) is 0 Å². The summed E-state index contributed by atoms with van der Waals surface area (Å²) in [5.41, 5.74) is 0.945. The molecule has 0 aliphatic rings. The van der Waals surface area contributed by atoms with E-state index >= 15 is 0 Å². The van der Waals surface area contributed by atoms with Gasteiger partial charge in [-0.25, -0.2) is 4.98 Å². The molecule has 0 amide bonds. The first-order valence-electron chi connectivity index (χ1n) is 6.77. The van der Waals surface area contributed by atoms with Gasteiger partial charge in [-0.2, -0.15) is 0 Å². The number of nitrogens with zero attached hydrogens (tertiary/aromatic N) is 2. The van der Waals surface area contributed by atoms with E-state index in [0.717, 1.165) is 15.3 Å². The van der Waals surface area contributed by atoms with E-state index in [1.165, 1.54) is 0 Å². The second-order valence-electron chi connectivity index (χ2n) is 5.26. The minimum atomic E-state index is -0.0699. The lowest BCUT2D eigenvalue weighted by molar-refractivity contribution is 0.156. The van der Waals surface area contributed by atoms with E-state index in [1.807, 2.05) is 13.8 Å². The molecule has 20 heavy (non-hydrogen) atoms. The minimum absolute atomic E-state index is 0.0699. The molecule has 0 bridgehead atoms. The van der Waals surface area contributed by atoms with Crippen LogP contribution in [0.25, 0.3) is 10.2 Å². The van der Waals surface area contributed by atoms with Gasteiger partial charge in [0, 0.05) is 17.5 Å². The number of aromatic nitrogens is 2. The minimum Gasteiger partial charge on any atom is -0.395 e. The van der Waals surface area contributed by atoms with Crippen molar-refractivity contribution in [2.75, 3.05) is 13.2 Å². The standard InChI is InChI=1S/C14H21N3O2S/c1-8(2)17(5-6-18)7-11-15-13(19)12-9(3)10(4)20-14(12)16-11/h8,18H,5-7H2,1-4H3,(H,15,16,19). The number of aryl methyl sites for hydroxylation is 2. The molecule has 2 N–H and O–H groups in total. The highest BCUT2D eigenvalue weighted by Crippen LogP contribution is 2.25. The third-order valence-corrected chi connectivity index (χ3v) is 4.66. The van der Waals surface area contributed by atoms with Crippen LogP contribution >= 0.6 is 11.3 Å². The summed E-state index contributed by atoms with van der Waals surface area (Å²) in [6.07, 6.45) is 0. The summed E-state index contributed by atoms with van der Waals surface area (Å²) in [5.74, 6) is 0.658. The number of nitrogens with one attached hydrogen (secondary N) is 1. The van der Waals surface area contributed by atoms with E-state index in [0.29, 0.717) is 24.3 Å². The van der Waals surface area contributed by atoms with Crippen LogP contribution in [-0.2, 0) is 6.54 Å². The van der Waals surface area contributed by atoms with Gasteiger partial charge < -0.3 is 10.1 Å². The van der Waals surface area contributed by atoms with Crippen molar-refractivity contribution < 1.29 is 5.11 Å². The molecule has 0 unspecified atom stereocenters. The maximum Gasteiger partial charge on any atom is 0.259 e. The van der Waals surface area contributed by atoms with Crippen LogP contribution in [0.15, 0.2) is 4.79 Å². The smallest absolute Gasteiger partial charge is 0.259 e. The van der Waals surface area contributed by atoms with Crippen LogP contribution in [0.1, 0.15) is 30.1 Å². The van der Waals surface area contributed by atoms with Crippen LogP contribution in [0.5, 0.6) is 0 Å². The largest absolute Gasteiger partial charge is 0.395 e. The van der Waals surface area contributed by atoms with Gasteiger partial charge in [0.2, 0.25) is 0 Å². The average molecular weight is 295 g/mol. The molecular formula is C14H21N3O2S. The molecule has 0 atom stereocenters. The maximum absolute atomic E-state index is 12.2. The lowest BCUT2D eigenvalue weighted by Crippen LogP contribution is -2.34. The van der Waals surface area contributed by atoms with Crippen molar-refractivity contribution in [1.82, 2.24) is 14.9 Å². The van der Waals surface area contributed by atoms with Crippen LogP contribution in [0.3, 0.4) is 0 Å².